The van der Waals surface area contributed by atoms with Gasteiger partial charge in [-0.1, -0.05) is 18.2 Å². The third-order valence-electron chi connectivity index (χ3n) is 3.18. The van der Waals surface area contributed by atoms with Crippen LogP contribution in [0.4, 0.5) is 4.79 Å². The number of nitrogens with one attached hydrogen (secondary N) is 1. The Kier molecular flexibility index (Phi) is 4.93. The van der Waals surface area contributed by atoms with Crippen LogP contribution in [0.3, 0.4) is 0 Å². The molecule has 1 saturated heterocycles. The molecule has 1 aromatic rings. The van der Waals surface area contributed by atoms with Gasteiger partial charge in [-0.05, 0) is 18.6 Å². The van der Waals surface area contributed by atoms with E-state index in [0.717, 1.165) is 4.90 Å². The summed E-state index contributed by atoms with van der Waals surface area (Å²) >= 11 is 0. The van der Waals surface area contributed by atoms with Gasteiger partial charge in [-0.3, -0.25) is 4.21 Å². The normalized spacial score (nSPS) is 21.1. The Hall–Kier alpha value is -1.40. The highest BCUT2D eigenvalue weighted by Crippen LogP contribution is 2.09. The molecule has 0 aliphatic carbocycles. The van der Waals surface area contributed by atoms with E-state index in [2.05, 4.69) is 5.32 Å². The summed E-state index contributed by atoms with van der Waals surface area (Å²) in [6.45, 7) is 1.66. The molecule has 6 heteroatoms. The lowest BCUT2D eigenvalue weighted by Crippen LogP contribution is -2.52. The molecule has 2 atom stereocenters. The fourth-order valence-electron chi connectivity index (χ4n) is 2.13. The Bertz CT molecular complexity index is 452. The highest BCUT2D eigenvalue weighted by atomic mass is 32.2. The van der Waals surface area contributed by atoms with E-state index in [9.17, 15) is 9.00 Å². The van der Waals surface area contributed by atoms with E-state index in [1.54, 1.807) is 0 Å². The van der Waals surface area contributed by atoms with Gasteiger partial charge in [0.25, 0.3) is 0 Å². The van der Waals surface area contributed by atoms with Crippen molar-refractivity contribution in [2.45, 2.75) is 17.4 Å². The number of carboxylic acid groups (broad SMARTS) is 1. The first-order valence-electron chi connectivity index (χ1n) is 6.31. The average molecular weight is 282 g/mol. The Morgan fingerprint density at radius 3 is 2.84 bits per heavy atom. The predicted molar refractivity (Wildman–Crippen MR) is 73.7 cm³/mol. The van der Waals surface area contributed by atoms with Gasteiger partial charge >= 0.3 is 6.09 Å². The number of hydrogen-bond acceptors (Lipinski definition) is 3. The third kappa shape index (κ3) is 4.04. The Morgan fingerprint density at radius 1 is 1.42 bits per heavy atom. The Labute approximate surface area is 115 Å². The predicted octanol–water partition coefficient (Wildman–Crippen LogP) is 1.14. The molecule has 1 aliphatic rings. The largest absolute Gasteiger partial charge is 0.465 e. The minimum Gasteiger partial charge on any atom is -0.465 e. The van der Waals surface area contributed by atoms with E-state index in [1.807, 2.05) is 30.3 Å². The quantitative estimate of drug-likeness (QED) is 0.869. The smallest absolute Gasteiger partial charge is 0.407 e. The molecule has 1 heterocycles. The number of hydrogen-bond donors (Lipinski definition) is 2. The summed E-state index contributed by atoms with van der Waals surface area (Å²) in [5.41, 5.74) is 0. The second kappa shape index (κ2) is 6.68. The molecule has 104 valence electrons. The molecule has 19 heavy (non-hydrogen) atoms. The molecule has 0 saturated carbocycles. The molecule has 1 unspecified atom stereocenters. The molecule has 0 radical (unpaired) electrons. The molecule has 1 aliphatic heterocycles. The van der Waals surface area contributed by atoms with E-state index >= 15 is 0 Å². The van der Waals surface area contributed by atoms with E-state index in [0.29, 0.717) is 31.8 Å². The van der Waals surface area contributed by atoms with Gasteiger partial charge in [0.05, 0.1) is 10.8 Å². The summed E-state index contributed by atoms with van der Waals surface area (Å²) in [6, 6.07) is 9.45. The van der Waals surface area contributed by atoms with Gasteiger partial charge < -0.3 is 15.3 Å². The van der Waals surface area contributed by atoms with Crippen LogP contribution in [0.2, 0.25) is 0 Å². The van der Waals surface area contributed by atoms with Gasteiger partial charge in [0.1, 0.15) is 0 Å². The second-order valence-corrected chi connectivity index (χ2v) is 6.10. The molecule has 1 amide bonds. The summed E-state index contributed by atoms with van der Waals surface area (Å²) in [5, 5.41) is 12.2. The molecular weight excluding hydrogens is 264 g/mol. The Balaban J connectivity index is 1.82. The molecule has 0 aromatic heterocycles. The number of rotatable bonds is 4. The standard InChI is InChI=1S/C13H18N2O3S/c16-13(17)15-8-7-14-11(10-15)6-9-19(18)12-4-2-1-3-5-12/h1-5,11,14H,6-10H2,(H,16,17)/t11-,19?/m1/s1. The summed E-state index contributed by atoms with van der Waals surface area (Å²) in [6.07, 6.45) is -0.165. The first-order valence-corrected chi connectivity index (χ1v) is 7.63. The van der Waals surface area contributed by atoms with Crippen LogP contribution in [0.1, 0.15) is 6.42 Å². The first-order chi connectivity index (χ1) is 9.16. The number of piperazine rings is 1. The van der Waals surface area contributed by atoms with Gasteiger partial charge in [0, 0.05) is 36.3 Å². The van der Waals surface area contributed by atoms with Crippen molar-refractivity contribution in [3.63, 3.8) is 0 Å². The lowest BCUT2D eigenvalue weighted by atomic mass is 10.2. The number of benzene rings is 1. The summed E-state index contributed by atoms with van der Waals surface area (Å²) < 4.78 is 12.1. The van der Waals surface area contributed by atoms with Crippen LogP contribution in [-0.2, 0) is 10.8 Å². The summed E-state index contributed by atoms with van der Waals surface area (Å²) in [5.74, 6) is 0.551. The van der Waals surface area contributed by atoms with Crippen LogP contribution >= 0.6 is 0 Å². The molecule has 1 fully saturated rings. The molecule has 2 rings (SSSR count). The van der Waals surface area contributed by atoms with Gasteiger partial charge in [-0.25, -0.2) is 4.79 Å². The topological polar surface area (TPSA) is 69.6 Å². The molecule has 0 bridgehead atoms. The van der Waals surface area contributed by atoms with Crippen molar-refractivity contribution in [1.29, 1.82) is 0 Å². The lowest BCUT2D eigenvalue weighted by Gasteiger charge is -2.31. The SMILES string of the molecule is O=C(O)N1CCN[C@H](CCS(=O)c2ccccc2)C1. The van der Waals surface area contributed by atoms with E-state index in [-0.39, 0.29) is 6.04 Å². The van der Waals surface area contributed by atoms with E-state index < -0.39 is 16.9 Å². The van der Waals surface area contributed by atoms with Gasteiger partial charge in [-0.15, -0.1) is 0 Å². The van der Waals surface area contributed by atoms with Gasteiger partial charge in [-0.2, -0.15) is 0 Å². The highest BCUT2D eigenvalue weighted by molar-refractivity contribution is 7.85. The van der Waals surface area contributed by atoms with Crippen molar-refractivity contribution in [1.82, 2.24) is 10.2 Å². The van der Waals surface area contributed by atoms with E-state index in [4.69, 9.17) is 5.11 Å². The number of amides is 1. The minimum atomic E-state index is -1.01. The van der Waals surface area contributed by atoms with Crippen molar-refractivity contribution in [2.75, 3.05) is 25.4 Å². The zero-order valence-electron chi connectivity index (χ0n) is 10.6. The molecule has 1 aromatic carbocycles. The van der Waals surface area contributed by atoms with Crippen LogP contribution in [-0.4, -0.2) is 51.7 Å². The zero-order chi connectivity index (χ0) is 13.7. The molecule has 5 nitrogen and oxygen atoms in total. The van der Waals surface area contributed by atoms with Crippen LogP contribution in [0.15, 0.2) is 35.2 Å². The van der Waals surface area contributed by atoms with Crippen LogP contribution in [0, 0.1) is 0 Å². The monoisotopic (exact) mass is 282 g/mol. The average Bonchev–Trinajstić information content (AvgIpc) is 2.46. The fourth-order valence-corrected chi connectivity index (χ4v) is 3.33. The van der Waals surface area contributed by atoms with Gasteiger partial charge in [0.15, 0.2) is 0 Å². The summed E-state index contributed by atoms with van der Waals surface area (Å²) in [7, 11) is -1.01. The van der Waals surface area contributed by atoms with Crippen molar-refractivity contribution in [3.8, 4) is 0 Å². The van der Waals surface area contributed by atoms with Crippen LogP contribution in [0.25, 0.3) is 0 Å². The van der Waals surface area contributed by atoms with Gasteiger partial charge in [0.2, 0.25) is 0 Å². The number of carbonyl (C=O) groups is 1. The zero-order valence-corrected chi connectivity index (χ0v) is 11.4. The maximum atomic E-state index is 12.1. The van der Waals surface area contributed by atoms with Crippen LogP contribution < -0.4 is 5.32 Å². The third-order valence-corrected chi connectivity index (χ3v) is 4.59. The maximum Gasteiger partial charge on any atom is 0.407 e. The second-order valence-electron chi connectivity index (χ2n) is 4.53. The maximum absolute atomic E-state index is 12.1. The molecule has 2 N–H and O–H groups in total. The van der Waals surface area contributed by atoms with Crippen LogP contribution in [0.5, 0.6) is 0 Å². The van der Waals surface area contributed by atoms with Crippen molar-refractivity contribution in [2.24, 2.45) is 0 Å². The van der Waals surface area contributed by atoms with Crippen molar-refractivity contribution in [3.05, 3.63) is 30.3 Å². The number of nitrogens with zero attached hydrogens (tertiary/aromatic N) is 1. The van der Waals surface area contributed by atoms with Crippen molar-refractivity contribution >= 4 is 16.9 Å². The molecular formula is C13H18N2O3S. The first kappa shape index (κ1) is 14.0. The fraction of sp³-hybridized carbons (Fsp3) is 0.462. The van der Waals surface area contributed by atoms with E-state index in [1.165, 1.54) is 4.90 Å². The van der Waals surface area contributed by atoms with Crippen molar-refractivity contribution < 1.29 is 14.1 Å². The summed E-state index contributed by atoms with van der Waals surface area (Å²) in [4.78, 5) is 13.1. The lowest BCUT2D eigenvalue weighted by molar-refractivity contribution is 0.128. The Morgan fingerprint density at radius 2 is 2.16 bits per heavy atom. The molecule has 0 spiro atoms. The minimum absolute atomic E-state index is 0.0949. The highest BCUT2D eigenvalue weighted by Gasteiger charge is 2.22.